The minimum Gasteiger partial charge on any atom is -0.328 e. The minimum atomic E-state index is 0.440. The van der Waals surface area contributed by atoms with Crippen molar-refractivity contribution in [2.24, 2.45) is 5.73 Å². The molecule has 0 aromatic heterocycles. The molecule has 72 valence electrons. The van der Waals surface area contributed by atoms with E-state index in [1.807, 2.05) is 0 Å². The summed E-state index contributed by atoms with van der Waals surface area (Å²) in [7, 11) is 0. The van der Waals surface area contributed by atoms with Crippen molar-refractivity contribution in [2.45, 2.75) is 51.0 Å². The Hall–Kier alpha value is -0.0800. The molecule has 1 atom stereocenters. The maximum absolute atomic E-state index is 5.94. The molecule has 1 heterocycles. The number of nitrogens with two attached hydrogens (primary N) is 1. The highest BCUT2D eigenvalue weighted by Gasteiger charge is 2.03. The molecule has 2 nitrogen and oxygen atoms in total. The highest BCUT2D eigenvalue weighted by molar-refractivity contribution is 4.64. The molecule has 2 heteroatoms. The third-order valence-electron chi connectivity index (χ3n) is 2.62. The summed E-state index contributed by atoms with van der Waals surface area (Å²) in [5, 5.41) is 3.43. The number of nitrogens with one attached hydrogen (secondary N) is 1. The standard InChI is InChI=1S/C10H22N2/c11-10-6-4-2-1-3-5-8-12-9-7-10/h10,12H,1-9,11H2. The average Bonchev–Trinajstić information content (AvgIpc) is 2.11. The van der Waals surface area contributed by atoms with E-state index < -0.39 is 0 Å². The molecule has 0 aromatic rings. The van der Waals surface area contributed by atoms with Gasteiger partial charge in [0.25, 0.3) is 0 Å². The van der Waals surface area contributed by atoms with Crippen molar-refractivity contribution < 1.29 is 0 Å². The molecule has 1 aliphatic heterocycles. The van der Waals surface area contributed by atoms with E-state index in [9.17, 15) is 0 Å². The molecule has 1 saturated heterocycles. The first kappa shape index (κ1) is 10.0. The zero-order valence-corrected chi connectivity index (χ0v) is 8.02. The maximum Gasteiger partial charge on any atom is 0.00509 e. The van der Waals surface area contributed by atoms with Crippen molar-refractivity contribution >= 4 is 0 Å². The van der Waals surface area contributed by atoms with Crippen molar-refractivity contribution in [3.05, 3.63) is 0 Å². The Morgan fingerprint density at radius 3 is 2.50 bits per heavy atom. The fourth-order valence-corrected chi connectivity index (χ4v) is 1.74. The van der Waals surface area contributed by atoms with Crippen LogP contribution in [0.3, 0.4) is 0 Å². The van der Waals surface area contributed by atoms with E-state index >= 15 is 0 Å². The lowest BCUT2D eigenvalue weighted by molar-refractivity contribution is 0.518. The summed E-state index contributed by atoms with van der Waals surface area (Å²) in [6.45, 7) is 2.30. The molecule has 0 saturated carbocycles. The summed E-state index contributed by atoms with van der Waals surface area (Å²) in [4.78, 5) is 0. The molecule has 0 amide bonds. The summed E-state index contributed by atoms with van der Waals surface area (Å²) < 4.78 is 0. The normalized spacial score (nSPS) is 29.2. The van der Waals surface area contributed by atoms with Gasteiger partial charge in [-0.1, -0.05) is 25.7 Å². The highest BCUT2D eigenvalue weighted by Crippen LogP contribution is 2.08. The molecular weight excluding hydrogens is 148 g/mol. The number of hydrogen-bond donors (Lipinski definition) is 2. The smallest absolute Gasteiger partial charge is 0.00509 e. The molecule has 0 aromatic carbocycles. The molecular formula is C10H22N2. The van der Waals surface area contributed by atoms with E-state index in [1.54, 1.807) is 0 Å². The van der Waals surface area contributed by atoms with Crippen LogP contribution in [0.2, 0.25) is 0 Å². The summed E-state index contributed by atoms with van der Waals surface area (Å²) >= 11 is 0. The first-order valence-electron chi connectivity index (χ1n) is 5.36. The zero-order chi connectivity index (χ0) is 8.65. The maximum atomic E-state index is 5.94. The lowest BCUT2D eigenvalue weighted by atomic mass is 10.1. The Balaban J connectivity index is 2.13. The lowest BCUT2D eigenvalue weighted by Gasteiger charge is -2.10. The predicted molar refractivity (Wildman–Crippen MR) is 53.2 cm³/mol. The zero-order valence-electron chi connectivity index (χ0n) is 8.02. The van der Waals surface area contributed by atoms with Gasteiger partial charge in [-0.15, -0.1) is 0 Å². The topological polar surface area (TPSA) is 38.0 Å². The average molecular weight is 170 g/mol. The van der Waals surface area contributed by atoms with Gasteiger partial charge in [0.1, 0.15) is 0 Å². The van der Waals surface area contributed by atoms with Crippen LogP contribution in [0.4, 0.5) is 0 Å². The van der Waals surface area contributed by atoms with Crippen LogP contribution in [0, 0.1) is 0 Å². The van der Waals surface area contributed by atoms with Gasteiger partial charge in [-0.25, -0.2) is 0 Å². The summed E-state index contributed by atoms with van der Waals surface area (Å²) in [5.74, 6) is 0. The Kier molecular flexibility index (Phi) is 5.37. The molecule has 1 fully saturated rings. The van der Waals surface area contributed by atoms with Crippen molar-refractivity contribution in [2.75, 3.05) is 13.1 Å². The predicted octanol–water partition coefficient (Wildman–Crippen LogP) is 1.65. The van der Waals surface area contributed by atoms with Gasteiger partial charge < -0.3 is 11.1 Å². The van der Waals surface area contributed by atoms with Gasteiger partial charge >= 0.3 is 0 Å². The van der Waals surface area contributed by atoms with E-state index in [0.29, 0.717) is 6.04 Å². The van der Waals surface area contributed by atoms with Gasteiger partial charge in [-0.3, -0.25) is 0 Å². The molecule has 0 aliphatic carbocycles. The second-order valence-corrected chi connectivity index (χ2v) is 3.86. The molecule has 3 N–H and O–H groups in total. The van der Waals surface area contributed by atoms with Gasteiger partial charge in [-0.05, 0) is 32.4 Å². The van der Waals surface area contributed by atoms with E-state index in [1.165, 1.54) is 45.1 Å². The summed E-state index contributed by atoms with van der Waals surface area (Å²) in [6, 6.07) is 0.440. The molecule has 0 radical (unpaired) electrons. The molecule has 0 spiro atoms. The second-order valence-electron chi connectivity index (χ2n) is 3.86. The Morgan fingerprint density at radius 2 is 1.58 bits per heavy atom. The van der Waals surface area contributed by atoms with E-state index in [4.69, 9.17) is 5.73 Å². The van der Waals surface area contributed by atoms with Crippen molar-refractivity contribution in [1.29, 1.82) is 0 Å². The monoisotopic (exact) mass is 170 g/mol. The van der Waals surface area contributed by atoms with Crippen LogP contribution < -0.4 is 11.1 Å². The molecule has 12 heavy (non-hydrogen) atoms. The largest absolute Gasteiger partial charge is 0.328 e. The first-order chi connectivity index (χ1) is 5.89. The minimum absolute atomic E-state index is 0.440. The van der Waals surface area contributed by atoms with E-state index in [0.717, 1.165) is 13.0 Å². The lowest BCUT2D eigenvalue weighted by Crippen LogP contribution is -2.26. The van der Waals surface area contributed by atoms with Gasteiger partial charge in [0.15, 0.2) is 0 Å². The van der Waals surface area contributed by atoms with Crippen LogP contribution in [0.5, 0.6) is 0 Å². The van der Waals surface area contributed by atoms with E-state index in [2.05, 4.69) is 5.32 Å². The van der Waals surface area contributed by atoms with Gasteiger partial charge in [0.2, 0.25) is 0 Å². The first-order valence-corrected chi connectivity index (χ1v) is 5.36. The molecule has 1 rings (SSSR count). The fourth-order valence-electron chi connectivity index (χ4n) is 1.74. The summed E-state index contributed by atoms with van der Waals surface area (Å²) in [6.07, 6.45) is 9.22. The van der Waals surface area contributed by atoms with Crippen molar-refractivity contribution in [3.8, 4) is 0 Å². The Morgan fingerprint density at radius 1 is 0.833 bits per heavy atom. The molecule has 1 aliphatic rings. The van der Waals surface area contributed by atoms with Gasteiger partial charge in [-0.2, -0.15) is 0 Å². The van der Waals surface area contributed by atoms with Crippen LogP contribution in [-0.4, -0.2) is 19.1 Å². The van der Waals surface area contributed by atoms with Crippen LogP contribution in [0.25, 0.3) is 0 Å². The SMILES string of the molecule is NC1CCCCCCCNCC1. The van der Waals surface area contributed by atoms with Crippen molar-refractivity contribution in [3.63, 3.8) is 0 Å². The van der Waals surface area contributed by atoms with Crippen LogP contribution in [0.1, 0.15) is 44.9 Å². The van der Waals surface area contributed by atoms with Crippen molar-refractivity contribution in [1.82, 2.24) is 5.32 Å². The van der Waals surface area contributed by atoms with Crippen LogP contribution in [-0.2, 0) is 0 Å². The second kappa shape index (κ2) is 6.44. The highest BCUT2D eigenvalue weighted by atomic mass is 14.9. The van der Waals surface area contributed by atoms with Gasteiger partial charge in [0.05, 0.1) is 0 Å². The molecule has 0 bridgehead atoms. The fraction of sp³-hybridized carbons (Fsp3) is 1.00. The number of rotatable bonds is 0. The van der Waals surface area contributed by atoms with Crippen LogP contribution >= 0.6 is 0 Å². The van der Waals surface area contributed by atoms with E-state index in [-0.39, 0.29) is 0 Å². The Labute approximate surface area is 75.9 Å². The summed E-state index contributed by atoms with van der Waals surface area (Å²) in [5.41, 5.74) is 5.94. The number of hydrogen-bond acceptors (Lipinski definition) is 2. The van der Waals surface area contributed by atoms with Gasteiger partial charge in [0, 0.05) is 6.04 Å². The molecule has 1 unspecified atom stereocenters. The van der Waals surface area contributed by atoms with Crippen LogP contribution in [0.15, 0.2) is 0 Å². The third kappa shape index (κ3) is 4.73. The quantitative estimate of drug-likeness (QED) is 0.580. The Bertz CT molecular complexity index is 92.0. The third-order valence-corrected chi connectivity index (χ3v) is 2.62.